The molecule has 43 valence electrons. The van der Waals surface area contributed by atoms with Crippen molar-refractivity contribution in [2.45, 2.75) is 6.61 Å². The summed E-state index contributed by atoms with van der Waals surface area (Å²) in [5, 5.41) is 13.4. The van der Waals surface area contributed by atoms with E-state index >= 15 is 0 Å². The Kier molecular flexibility index (Phi) is 1.50. The van der Waals surface area contributed by atoms with Crippen LogP contribution >= 0.6 is 11.6 Å². The highest BCUT2D eigenvalue weighted by Crippen LogP contribution is 2.08. The van der Waals surface area contributed by atoms with Gasteiger partial charge in [0.05, 0.1) is 0 Å². The molecule has 0 atom stereocenters. The summed E-state index contributed by atoms with van der Waals surface area (Å²) in [4.78, 5) is 0. The quantitative estimate of drug-likeness (QED) is 0.578. The van der Waals surface area contributed by atoms with Gasteiger partial charge in [-0.15, -0.1) is 0 Å². The van der Waals surface area contributed by atoms with Crippen LogP contribution in [-0.2, 0) is 11.7 Å². The Morgan fingerprint density at radius 3 is 2.88 bits per heavy atom. The molecule has 0 aromatic carbocycles. The van der Waals surface area contributed by atoms with Crippen LogP contribution in [-0.4, -0.2) is 5.16 Å². The van der Waals surface area contributed by atoms with Crippen molar-refractivity contribution in [1.82, 2.24) is 5.16 Å². The van der Waals surface area contributed by atoms with E-state index in [-0.39, 0.29) is 11.8 Å². The van der Waals surface area contributed by atoms with Gasteiger partial charge in [-0.2, -0.15) is 0 Å². The second-order valence-electron chi connectivity index (χ2n) is 1.27. The first-order valence-electron chi connectivity index (χ1n) is 2.02. The van der Waals surface area contributed by atoms with Crippen molar-refractivity contribution in [3.63, 3.8) is 0 Å². The molecule has 0 N–H and O–H groups in total. The molecule has 1 rings (SSSR count). The van der Waals surface area contributed by atoms with Crippen LogP contribution in [0.5, 0.6) is 0 Å². The predicted molar refractivity (Wildman–Crippen MR) is 25.9 cm³/mol. The molecule has 0 amide bonds. The minimum Gasteiger partial charge on any atom is -0.344 e. The first-order chi connectivity index (χ1) is 3.83. The number of halogens is 1. The first kappa shape index (κ1) is 5.59. The zero-order chi connectivity index (χ0) is 5.98. The highest BCUT2D eigenvalue weighted by Gasteiger charge is 1.97. The Balaban J connectivity index is 2.84. The van der Waals surface area contributed by atoms with E-state index in [0.717, 1.165) is 0 Å². The minimum absolute atomic E-state index is 0.163. The molecule has 1 heterocycles. The lowest BCUT2D eigenvalue weighted by atomic mass is 10.5. The van der Waals surface area contributed by atoms with Gasteiger partial charge in [0.1, 0.15) is 12.3 Å². The largest absolute Gasteiger partial charge is 0.344 e. The maximum Gasteiger partial charge on any atom is 0.226 e. The van der Waals surface area contributed by atoms with Crippen LogP contribution in [0.25, 0.3) is 0 Å². The second-order valence-corrected chi connectivity index (χ2v) is 1.64. The molecule has 3 nitrogen and oxygen atoms in total. The average molecular weight is 133 g/mol. The second kappa shape index (κ2) is 2.15. The Labute approximate surface area is 50.9 Å². The Hall–Kier alpha value is -0.540. The van der Waals surface area contributed by atoms with E-state index in [1.54, 1.807) is 0 Å². The van der Waals surface area contributed by atoms with E-state index in [0.29, 0.717) is 5.69 Å². The van der Waals surface area contributed by atoms with Crippen molar-refractivity contribution in [2.75, 3.05) is 0 Å². The van der Waals surface area contributed by atoms with Crippen molar-refractivity contribution < 1.29 is 9.63 Å². The topological polar surface area (TPSA) is 45.9 Å². The zero-order valence-electron chi connectivity index (χ0n) is 3.93. The predicted octanol–water partition coefficient (Wildman–Crippen LogP) is 1.26. The van der Waals surface area contributed by atoms with Gasteiger partial charge in [-0.3, -0.25) is 0 Å². The fraction of sp³-hybridized carbons (Fsp3) is 0.250. The monoisotopic (exact) mass is 132 g/mol. The normalized spacial score (nSPS) is 9.75. The van der Waals surface area contributed by atoms with E-state index in [1.807, 2.05) is 0 Å². The maximum absolute atomic E-state index is 9.96. The summed E-state index contributed by atoms with van der Waals surface area (Å²) in [7, 11) is 0. The molecule has 8 heavy (non-hydrogen) atoms. The summed E-state index contributed by atoms with van der Waals surface area (Å²) >= 11 is 5.27. The number of rotatable bonds is 1. The molecular weight excluding hydrogens is 130 g/mol. The van der Waals surface area contributed by atoms with Gasteiger partial charge in [-0.05, 0) is 11.6 Å². The fourth-order valence-electron chi connectivity index (χ4n) is 0.354. The fourth-order valence-corrected chi connectivity index (χ4v) is 0.514. The van der Waals surface area contributed by atoms with E-state index < -0.39 is 0 Å². The number of hydrogen-bond acceptors (Lipinski definition) is 2. The van der Waals surface area contributed by atoms with E-state index in [1.165, 1.54) is 6.07 Å². The van der Waals surface area contributed by atoms with Crippen LogP contribution in [0.2, 0.25) is 5.22 Å². The molecule has 0 aliphatic rings. The van der Waals surface area contributed by atoms with Crippen LogP contribution in [0.3, 0.4) is 0 Å². The van der Waals surface area contributed by atoms with Gasteiger partial charge in [0.2, 0.25) is 5.22 Å². The number of nitrogens with zero attached hydrogens (tertiary/aromatic N) is 1. The third-order valence-corrected chi connectivity index (χ3v) is 0.856. The highest BCUT2D eigenvalue weighted by atomic mass is 35.5. The average Bonchev–Trinajstić information content (AvgIpc) is 2.14. The number of hydrogen-bond donors (Lipinski definition) is 0. The van der Waals surface area contributed by atoms with Crippen LogP contribution < -0.4 is 0 Å². The smallest absolute Gasteiger partial charge is 0.226 e. The molecule has 0 spiro atoms. The van der Waals surface area contributed by atoms with Gasteiger partial charge >= 0.3 is 0 Å². The lowest BCUT2D eigenvalue weighted by Gasteiger charge is -1.71. The first-order valence-corrected chi connectivity index (χ1v) is 2.40. The Morgan fingerprint density at radius 2 is 2.62 bits per heavy atom. The standard InChI is InChI=1S/C4H3ClNO2/c5-4-1-3(2-7)6-8-4/h1H,2H2. The third kappa shape index (κ3) is 0.993. The van der Waals surface area contributed by atoms with Crippen molar-refractivity contribution in [3.8, 4) is 0 Å². The Morgan fingerprint density at radius 1 is 1.88 bits per heavy atom. The van der Waals surface area contributed by atoms with Crippen LogP contribution in [0.1, 0.15) is 5.69 Å². The van der Waals surface area contributed by atoms with Gasteiger partial charge in [-0.1, -0.05) is 5.16 Å². The molecule has 0 aliphatic heterocycles. The third-order valence-electron chi connectivity index (χ3n) is 0.678. The molecule has 0 saturated heterocycles. The van der Waals surface area contributed by atoms with E-state index in [4.69, 9.17) is 11.6 Å². The molecule has 4 heteroatoms. The molecule has 0 bridgehead atoms. The lowest BCUT2D eigenvalue weighted by molar-refractivity contribution is 0.169. The Bertz CT molecular complexity index is 174. The summed E-state index contributed by atoms with van der Waals surface area (Å²) in [5.74, 6) is 0. The summed E-state index contributed by atoms with van der Waals surface area (Å²) in [5.41, 5.74) is 0.343. The van der Waals surface area contributed by atoms with Crippen molar-refractivity contribution in [1.29, 1.82) is 0 Å². The SMILES string of the molecule is [O]Cc1cc(Cl)on1. The van der Waals surface area contributed by atoms with Crippen molar-refractivity contribution in [3.05, 3.63) is 17.0 Å². The molecule has 1 aromatic heterocycles. The van der Waals surface area contributed by atoms with Gasteiger partial charge in [0.25, 0.3) is 0 Å². The minimum atomic E-state index is -0.379. The number of aromatic nitrogens is 1. The van der Waals surface area contributed by atoms with Gasteiger partial charge in [0.15, 0.2) is 0 Å². The van der Waals surface area contributed by atoms with Crippen molar-refractivity contribution >= 4 is 11.6 Å². The van der Waals surface area contributed by atoms with Crippen LogP contribution in [0.4, 0.5) is 0 Å². The van der Waals surface area contributed by atoms with E-state index in [2.05, 4.69) is 9.68 Å². The lowest BCUT2D eigenvalue weighted by Crippen LogP contribution is -1.75. The van der Waals surface area contributed by atoms with E-state index in [9.17, 15) is 5.11 Å². The molecule has 1 radical (unpaired) electrons. The molecule has 0 fully saturated rings. The zero-order valence-corrected chi connectivity index (χ0v) is 4.68. The van der Waals surface area contributed by atoms with Gasteiger partial charge in [-0.25, -0.2) is 5.11 Å². The summed E-state index contributed by atoms with van der Waals surface area (Å²) < 4.78 is 4.37. The molecule has 0 unspecified atom stereocenters. The molecule has 0 saturated carbocycles. The molecule has 1 aromatic rings. The van der Waals surface area contributed by atoms with Gasteiger partial charge in [0, 0.05) is 6.07 Å². The molecule has 0 aliphatic carbocycles. The molecular formula is C4H3ClNO2. The van der Waals surface area contributed by atoms with Gasteiger partial charge < -0.3 is 4.52 Å². The van der Waals surface area contributed by atoms with Crippen LogP contribution in [0, 0.1) is 0 Å². The summed E-state index contributed by atoms with van der Waals surface area (Å²) in [6.45, 7) is -0.379. The van der Waals surface area contributed by atoms with Crippen molar-refractivity contribution in [2.24, 2.45) is 0 Å². The van der Waals surface area contributed by atoms with Crippen LogP contribution in [0.15, 0.2) is 10.6 Å². The summed E-state index contributed by atoms with van der Waals surface area (Å²) in [6.07, 6.45) is 0. The highest BCUT2D eigenvalue weighted by molar-refractivity contribution is 6.28. The summed E-state index contributed by atoms with van der Waals surface area (Å²) in [6, 6.07) is 1.40. The maximum atomic E-state index is 9.96.